The summed E-state index contributed by atoms with van der Waals surface area (Å²) in [4.78, 5) is 22.3. The molecule has 2 aromatic rings. The first kappa shape index (κ1) is 15.5. The lowest BCUT2D eigenvalue weighted by Crippen LogP contribution is -2.07. The number of carbonyl (C=O) groups is 1. The summed E-state index contributed by atoms with van der Waals surface area (Å²) in [6.45, 7) is 0. The van der Waals surface area contributed by atoms with Crippen LogP contribution in [-0.2, 0) is 0 Å². The molecule has 0 saturated carbocycles. The second-order valence-corrected chi connectivity index (χ2v) is 4.94. The number of benzene rings is 1. The highest BCUT2D eigenvalue weighted by Crippen LogP contribution is 2.16. The van der Waals surface area contributed by atoms with Crippen LogP contribution in [-0.4, -0.2) is 31.3 Å². The summed E-state index contributed by atoms with van der Waals surface area (Å²) in [6.07, 6.45) is 9.24. The molecule has 1 heterocycles. The fourth-order valence-corrected chi connectivity index (χ4v) is 2.16. The fourth-order valence-electron chi connectivity index (χ4n) is 1.57. The van der Waals surface area contributed by atoms with Gasteiger partial charge in [-0.05, 0) is 11.6 Å². The van der Waals surface area contributed by atoms with Gasteiger partial charge in [0.1, 0.15) is 6.33 Å². The van der Waals surface area contributed by atoms with Gasteiger partial charge in [-0.2, -0.15) is 0 Å². The van der Waals surface area contributed by atoms with Gasteiger partial charge < -0.3 is 0 Å². The van der Waals surface area contributed by atoms with Gasteiger partial charge >= 0.3 is 0 Å². The molecule has 0 amide bonds. The van der Waals surface area contributed by atoms with Crippen LogP contribution in [0.5, 0.6) is 0 Å². The first-order valence-corrected chi connectivity index (χ1v) is 7.03. The Morgan fingerprint density at radius 1 is 1.55 bits per heavy atom. The van der Waals surface area contributed by atoms with E-state index in [1.165, 1.54) is 46.9 Å². The van der Waals surface area contributed by atoms with Crippen LogP contribution < -0.4 is 0 Å². The van der Waals surface area contributed by atoms with Gasteiger partial charge in [0.2, 0.25) is 0 Å². The maximum absolute atomic E-state index is 12.1. The lowest BCUT2D eigenvalue weighted by molar-refractivity contribution is -0.384. The molecule has 110 valence electrons. The van der Waals surface area contributed by atoms with Gasteiger partial charge in [0.05, 0.1) is 10.7 Å². The van der Waals surface area contributed by atoms with Crippen LogP contribution in [0.15, 0.2) is 41.8 Å². The molecule has 0 N–H and O–H groups in total. The molecule has 0 aliphatic carbocycles. The molecule has 7 nitrogen and oxygen atoms in total. The zero-order chi connectivity index (χ0) is 15.9. The number of aromatic nitrogens is 3. The summed E-state index contributed by atoms with van der Waals surface area (Å²) >= 11 is 1.22. The molecule has 0 unspecified atom stereocenters. The number of nitro benzene ring substituents is 1. The molecule has 0 spiro atoms. The number of allylic oxidation sites excluding steroid dienone is 1. The Hall–Kier alpha value is -2.92. The van der Waals surface area contributed by atoms with Crippen LogP contribution in [0.2, 0.25) is 0 Å². The molecule has 22 heavy (non-hydrogen) atoms. The van der Waals surface area contributed by atoms with E-state index in [4.69, 9.17) is 6.42 Å². The molecule has 1 aromatic carbocycles. The van der Waals surface area contributed by atoms with Gasteiger partial charge in [0.25, 0.3) is 11.6 Å². The zero-order valence-corrected chi connectivity index (χ0v) is 12.1. The molecule has 2 rings (SSSR count). The minimum atomic E-state index is -0.493. The Kier molecular flexibility index (Phi) is 5.06. The van der Waals surface area contributed by atoms with Crippen molar-refractivity contribution in [1.82, 2.24) is 14.8 Å². The van der Waals surface area contributed by atoms with Gasteiger partial charge in [0.15, 0.2) is 5.16 Å². The lowest BCUT2D eigenvalue weighted by atomic mass is 10.2. The Morgan fingerprint density at radius 3 is 3.09 bits per heavy atom. The third-order valence-corrected chi connectivity index (χ3v) is 3.39. The average Bonchev–Trinajstić information content (AvgIpc) is 2.99. The first-order valence-electron chi connectivity index (χ1n) is 6.05. The van der Waals surface area contributed by atoms with Crippen LogP contribution in [0.1, 0.15) is 10.4 Å². The Bertz CT molecular complexity index is 776. The number of nitro groups is 1. The molecular formula is C14H10N4O3S. The van der Waals surface area contributed by atoms with Crippen molar-refractivity contribution in [2.75, 3.05) is 5.75 Å². The Labute approximate surface area is 130 Å². The minimum Gasteiger partial charge on any atom is -0.269 e. The zero-order valence-electron chi connectivity index (χ0n) is 11.2. The van der Waals surface area contributed by atoms with Crippen molar-refractivity contribution in [2.24, 2.45) is 0 Å². The van der Waals surface area contributed by atoms with Gasteiger partial charge in [-0.1, -0.05) is 29.8 Å². The van der Waals surface area contributed by atoms with E-state index >= 15 is 0 Å². The van der Waals surface area contributed by atoms with Gasteiger partial charge in [0, 0.05) is 18.2 Å². The molecule has 0 fully saturated rings. The van der Waals surface area contributed by atoms with Gasteiger partial charge in [-0.15, -0.1) is 16.6 Å². The topological polar surface area (TPSA) is 90.9 Å². The molecule has 0 atom stereocenters. The predicted octanol–water partition coefficient (Wildman–Crippen LogP) is 2.27. The average molecular weight is 314 g/mol. The second kappa shape index (κ2) is 7.19. The smallest absolute Gasteiger partial charge is 0.269 e. The number of nitrogens with zero attached hydrogens (tertiary/aromatic N) is 4. The third-order valence-electron chi connectivity index (χ3n) is 2.54. The van der Waals surface area contributed by atoms with Crippen molar-refractivity contribution in [1.29, 1.82) is 0 Å². The molecule has 0 bridgehead atoms. The van der Waals surface area contributed by atoms with Crippen molar-refractivity contribution in [3.05, 3.63) is 52.3 Å². The number of terminal acetylenes is 1. The monoisotopic (exact) mass is 314 g/mol. The highest BCUT2D eigenvalue weighted by Gasteiger charge is 2.09. The standard InChI is InChI=1S/C14H10N4O3S/c1-2-8-22-14-16-15-10-17(14)13(19)7-6-11-4-3-5-12(9-11)18(20)21/h1,3-7,9-10H,8H2. The summed E-state index contributed by atoms with van der Waals surface area (Å²) in [5.74, 6) is 2.45. The minimum absolute atomic E-state index is 0.0378. The Balaban J connectivity index is 2.15. The Morgan fingerprint density at radius 2 is 2.36 bits per heavy atom. The van der Waals surface area contributed by atoms with Gasteiger partial charge in [-0.25, -0.2) is 4.57 Å². The number of hydrogen-bond acceptors (Lipinski definition) is 6. The van der Waals surface area contributed by atoms with E-state index in [-0.39, 0.29) is 11.6 Å². The number of thioether (sulfide) groups is 1. The maximum Gasteiger partial charge on any atom is 0.270 e. The van der Waals surface area contributed by atoms with E-state index in [0.717, 1.165) is 0 Å². The first-order chi connectivity index (χ1) is 10.6. The normalized spacial score (nSPS) is 10.5. The van der Waals surface area contributed by atoms with E-state index in [2.05, 4.69) is 16.1 Å². The summed E-state index contributed by atoms with van der Waals surface area (Å²) in [5.41, 5.74) is 0.512. The van der Waals surface area contributed by atoms with Gasteiger partial charge in [-0.3, -0.25) is 14.9 Å². The van der Waals surface area contributed by atoms with Crippen molar-refractivity contribution in [3.63, 3.8) is 0 Å². The van der Waals surface area contributed by atoms with Crippen molar-refractivity contribution < 1.29 is 9.72 Å². The summed E-state index contributed by atoms with van der Waals surface area (Å²) in [5, 5.41) is 18.6. The summed E-state index contributed by atoms with van der Waals surface area (Å²) in [6, 6.07) is 5.98. The molecule has 0 aliphatic heterocycles. The van der Waals surface area contributed by atoms with E-state index in [1.807, 2.05) is 0 Å². The van der Waals surface area contributed by atoms with Crippen molar-refractivity contribution in [2.45, 2.75) is 5.16 Å². The SMILES string of the molecule is C#CCSc1nncn1C(=O)C=Cc1cccc([N+](=O)[O-])c1. The number of hydrogen-bond donors (Lipinski definition) is 0. The third kappa shape index (κ3) is 3.80. The number of rotatable bonds is 5. The van der Waals surface area contributed by atoms with Crippen LogP contribution in [0.3, 0.4) is 0 Å². The van der Waals surface area contributed by atoms with E-state index in [9.17, 15) is 14.9 Å². The maximum atomic E-state index is 12.1. The predicted molar refractivity (Wildman–Crippen MR) is 82.3 cm³/mol. The molecule has 0 aliphatic rings. The van der Waals surface area contributed by atoms with Crippen LogP contribution in [0.4, 0.5) is 5.69 Å². The van der Waals surface area contributed by atoms with Crippen LogP contribution >= 0.6 is 11.8 Å². The lowest BCUT2D eigenvalue weighted by Gasteiger charge is -1.99. The second-order valence-electron chi connectivity index (χ2n) is 4.00. The number of carbonyl (C=O) groups excluding carboxylic acids is 1. The summed E-state index contributed by atoms with van der Waals surface area (Å²) < 4.78 is 1.26. The van der Waals surface area contributed by atoms with Crippen molar-refractivity contribution >= 4 is 29.4 Å². The molecule has 8 heteroatoms. The fraction of sp³-hybridized carbons (Fsp3) is 0.0714. The van der Waals surface area contributed by atoms with E-state index in [1.54, 1.807) is 12.1 Å². The summed E-state index contributed by atoms with van der Waals surface area (Å²) in [7, 11) is 0. The largest absolute Gasteiger partial charge is 0.270 e. The molecule has 0 radical (unpaired) electrons. The van der Waals surface area contributed by atoms with E-state index in [0.29, 0.717) is 16.5 Å². The molecule has 0 saturated heterocycles. The molecular weight excluding hydrogens is 304 g/mol. The quantitative estimate of drug-likeness (QED) is 0.276. The molecule has 1 aromatic heterocycles. The van der Waals surface area contributed by atoms with E-state index < -0.39 is 4.92 Å². The highest BCUT2D eigenvalue weighted by atomic mass is 32.2. The van der Waals surface area contributed by atoms with Crippen LogP contribution in [0, 0.1) is 22.5 Å². The number of non-ortho nitro benzene ring substituents is 1. The van der Waals surface area contributed by atoms with Crippen molar-refractivity contribution in [3.8, 4) is 12.3 Å². The van der Waals surface area contributed by atoms with Crippen LogP contribution in [0.25, 0.3) is 6.08 Å². The highest BCUT2D eigenvalue weighted by molar-refractivity contribution is 7.99.